The second-order valence-corrected chi connectivity index (χ2v) is 7.73. The maximum atomic E-state index is 14.0. The van der Waals surface area contributed by atoms with Gasteiger partial charge in [0.15, 0.2) is 11.5 Å². The highest BCUT2D eigenvalue weighted by Gasteiger charge is 2.15. The number of nitrogens with one attached hydrogen (secondary N) is 1. The first-order valence-electron chi connectivity index (χ1n) is 8.50. The summed E-state index contributed by atoms with van der Waals surface area (Å²) in [6, 6.07) is 13.1. The molecule has 29 heavy (non-hydrogen) atoms. The highest BCUT2D eigenvalue weighted by molar-refractivity contribution is 6.35. The Morgan fingerprint density at radius 2 is 1.72 bits per heavy atom. The van der Waals surface area contributed by atoms with Crippen molar-refractivity contribution in [3.63, 3.8) is 0 Å². The summed E-state index contributed by atoms with van der Waals surface area (Å²) in [4.78, 5) is 0. The molecule has 0 radical (unpaired) electrons. The Labute approximate surface area is 188 Å². The van der Waals surface area contributed by atoms with Crippen molar-refractivity contribution in [1.82, 2.24) is 0 Å². The molecule has 0 aliphatic carbocycles. The van der Waals surface area contributed by atoms with Crippen molar-refractivity contribution in [2.24, 2.45) is 0 Å². The third kappa shape index (κ3) is 5.40. The van der Waals surface area contributed by atoms with Gasteiger partial charge in [-0.1, -0.05) is 52.5 Å². The van der Waals surface area contributed by atoms with Gasteiger partial charge in [-0.15, -0.1) is 0 Å². The van der Waals surface area contributed by atoms with Crippen molar-refractivity contribution in [1.29, 1.82) is 0 Å². The number of rotatable bonds is 7. The molecule has 0 fully saturated rings. The molecule has 0 amide bonds. The van der Waals surface area contributed by atoms with Gasteiger partial charge in [-0.3, -0.25) is 0 Å². The predicted octanol–water partition coefficient (Wildman–Crippen LogP) is 7.64. The van der Waals surface area contributed by atoms with Crippen LogP contribution in [0.25, 0.3) is 0 Å². The Hall–Kier alpha value is -1.85. The van der Waals surface area contributed by atoms with Crippen LogP contribution >= 0.6 is 46.4 Å². The first-order valence-corrected chi connectivity index (χ1v) is 10.0. The molecular formula is C21H16Cl4FNO2. The number of hydrogen-bond donors (Lipinski definition) is 1. The lowest BCUT2D eigenvalue weighted by atomic mass is 10.2. The first kappa shape index (κ1) is 21.8. The van der Waals surface area contributed by atoms with E-state index in [0.29, 0.717) is 38.8 Å². The molecule has 0 atom stereocenters. The maximum Gasteiger partial charge on any atom is 0.180 e. The molecule has 0 unspecified atom stereocenters. The Balaban J connectivity index is 1.77. The van der Waals surface area contributed by atoms with Crippen molar-refractivity contribution in [3.8, 4) is 11.5 Å². The molecule has 0 aromatic heterocycles. The van der Waals surface area contributed by atoms with E-state index in [4.69, 9.17) is 55.9 Å². The lowest BCUT2D eigenvalue weighted by molar-refractivity contribution is 0.280. The summed E-state index contributed by atoms with van der Waals surface area (Å²) >= 11 is 24.6. The molecule has 8 heteroatoms. The lowest BCUT2D eigenvalue weighted by Gasteiger charge is -2.16. The molecule has 3 nitrogen and oxygen atoms in total. The maximum absolute atomic E-state index is 14.0. The Kier molecular flexibility index (Phi) is 7.36. The van der Waals surface area contributed by atoms with Gasteiger partial charge in [0.25, 0.3) is 0 Å². The van der Waals surface area contributed by atoms with Crippen LogP contribution in [0.5, 0.6) is 11.5 Å². The van der Waals surface area contributed by atoms with Crippen LogP contribution in [-0.4, -0.2) is 7.11 Å². The number of benzene rings is 3. The molecule has 3 aromatic carbocycles. The van der Waals surface area contributed by atoms with Crippen molar-refractivity contribution >= 4 is 52.1 Å². The molecule has 3 rings (SSSR count). The van der Waals surface area contributed by atoms with Crippen LogP contribution in [0, 0.1) is 5.82 Å². The van der Waals surface area contributed by atoms with Crippen LogP contribution in [0.15, 0.2) is 48.5 Å². The van der Waals surface area contributed by atoms with E-state index in [1.807, 2.05) is 0 Å². The van der Waals surface area contributed by atoms with Gasteiger partial charge in [0.2, 0.25) is 0 Å². The average molecular weight is 475 g/mol. The predicted molar refractivity (Wildman–Crippen MR) is 118 cm³/mol. The number of hydrogen-bond acceptors (Lipinski definition) is 3. The lowest BCUT2D eigenvalue weighted by Crippen LogP contribution is -2.04. The van der Waals surface area contributed by atoms with E-state index in [-0.39, 0.29) is 17.2 Å². The normalized spacial score (nSPS) is 10.7. The van der Waals surface area contributed by atoms with Gasteiger partial charge >= 0.3 is 0 Å². The summed E-state index contributed by atoms with van der Waals surface area (Å²) in [5.41, 5.74) is 1.77. The van der Waals surface area contributed by atoms with Gasteiger partial charge in [0.1, 0.15) is 12.4 Å². The third-order valence-electron chi connectivity index (χ3n) is 4.12. The molecule has 152 valence electrons. The standard InChI is InChI=1S/C21H16Cl4FNO2/c1-28-20-8-12(10-27-19-9-13(22)5-6-16(19)24)7-17(25)21(20)29-11-14-15(23)3-2-4-18(14)26/h2-9,27H,10-11H2,1H3. The summed E-state index contributed by atoms with van der Waals surface area (Å²) < 4.78 is 25.1. The Morgan fingerprint density at radius 1 is 0.931 bits per heavy atom. The minimum Gasteiger partial charge on any atom is -0.493 e. The number of methoxy groups -OCH3 is 1. The fourth-order valence-corrected chi connectivity index (χ4v) is 3.52. The van der Waals surface area contributed by atoms with E-state index in [1.165, 1.54) is 19.2 Å². The number of ether oxygens (including phenoxy) is 2. The monoisotopic (exact) mass is 473 g/mol. The largest absolute Gasteiger partial charge is 0.493 e. The quantitative estimate of drug-likeness (QED) is 0.381. The zero-order valence-electron chi connectivity index (χ0n) is 15.2. The molecular weight excluding hydrogens is 459 g/mol. The van der Waals surface area contributed by atoms with Gasteiger partial charge in [-0.25, -0.2) is 4.39 Å². The summed E-state index contributed by atoms with van der Waals surface area (Å²) in [7, 11) is 1.50. The topological polar surface area (TPSA) is 30.5 Å². The van der Waals surface area contributed by atoms with Crippen LogP contribution in [0.4, 0.5) is 10.1 Å². The van der Waals surface area contributed by atoms with E-state index in [1.54, 1.807) is 36.4 Å². The fourth-order valence-electron chi connectivity index (χ4n) is 2.66. The van der Waals surface area contributed by atoms with Gasteiger partial charge in [-0.2, -0.15) is 0 Å². The summed E-state index contributed by atoms with van der Waals surface area (Å²) in [6.07, 6.45) is 0. The smallest absolute Gasteiger partial charge is 0.180 e. The second-order valence-electron chi connectivity index (χ2n) is 6.08. The highest BCUT2D eigenvalue weighted by atomic mass is 35.5. The third-order valence-corrected chi connectivity index (χ3v) is 5.32. The molecule has 0 aliphatic heterocycles. The highest BCUT2D eigenvalue weighted by Crippen LogP contribution is 2.38. The van der Waals surface area contributed by atoms with E-state index in [0.717, 1.165) is 5.56 Å². The molecule has 0 saturated heterocycles. The van der Waals surface area contributed by atoms with Gasteiger partial charge < -0.3 is 14.8 Å². The second kappa shape index (κ2) is 9.77. The van der Waals surface area contributed by atoms with Gasteiger partial charge in [-0.05, 0) is 48.0 Å². The van der Waals surface area contributed by atoms with Crippen molar-refractivity contribution in [2.45, 2.75) is 13.2 Å². The number of halogens is 5. The SMILES string of the molecule is COc1cc(CNc2cc(Cl)ccc2Cl)cc(Cl)c1OCc1c(F)cccc1Cl. The minimum absolute atomic E-state index is 0.0860. The first-order chi connectivity index (χ1) is 13.9. The molecule has 1 N–H and O–H groups in total. The van der Waals surface area contributed by atoms with E-state index >= 15 is 0 Å². The Bertz CT molecular complexity index is 1010. The van der Waals surface area contributed by atoms with E-state index < -0.39 is 5.82 Å². The van der Waals surface area contributed by atoms with Crippen molar-refractivity contribution < 1.29 is 13.9 Å². The summed E-state index contributed by atoms with van der Waals surface area (Å²) in [6.45, 7) is 0.340. The molecule has 0 spiro atoms. The van der Waals surface area contributed by atoms with E-state index in [2.05, 4.69) is 5.32 Å². The summed E-state index contributed by atoms with van der Waals surface area (Å²) in [5.74, 6) is 0.267. The summed E-state index contributed by atoms with van der Waals surface area (Å²) in [5, 5.41) is 4.93. The molecule has 0 saturated carbocycles. The van der Waals surface area contributed by atoms with E-state index in [9.17, 15) is 4.39 Å². The number of anilines is 1. The van der Waals surface area contributed by atoms with Crippen molar-refractivity contribution in [3.05, 3.63) is 85.6 Å². The van der Waals surface area contributed by atoms with Gasteiger partial charge in [0, 0.05) is 17.1 Å². The van der Waals surface area contributed by atoms with Crippen LogP contribution in [0.2, 0.25) is 20.1 Å². The molecule has 0 heterocycles. The van der Waals surface area contributed by atoms with Crippen LogP contribution in [0.3, 0.4) is 0 Å². The van der Waals surface area contributed by atoms with Crippen LogP contribution in [-0.2, 0) is 13.2 Å². The fraction of sp³-hybridized carbons (Fsp3) is 0.143. The average Bonchev–Trinajstić information content (AvgIpc) is 2.69. The zero-order chi connectivity index (χ0) is 21.0. The minimum atomic E-state index is -0.452. The molecule has 3 aromatic rings. The van der Waals surface area contributed by atoms with Crippen LogP contribution in [0.1, 0.15) is 11.1 Å². The van der Waals surface area contributed by atoms with Crippen LogP contribution < -0.4 is 14.8 Å². The zero-order valence-corrected chi connectivity index (χ0v) is 18.3. The van der Waals surface area contributed by atoms with Crippen molar-refractivity contribution in [2.75, 3.05) is 12.4 Å². The Morgan fingerprint density at radius 3 is 2.45 bits per heavy atom. The molecule has 0 bridgehead atoms. The molecule has 0 aliphatic rings. The van der Waals surface area contributed by atoms with Gasteiger partial charge in [0.05, 0.1) is 27.9 Å².